The molecule has 1 N–H and O–H groups in total. The molecule has 0 bridgehead atoms. The molecule has 3 heteroatoms. The van der Waals surface area contributed by atoms with Crippen LogP contribution in [0.1, 0.15) is 24.2 Å². The van der Waals surface area contributed by atoms with Gasteiger partial charge in [0.25, 0.3) is 0 Å². The maximum absolute atomic E-state index is 4.43. The minimum Gasteiger partial charge on any atom is -0.340 e. The van der Waals surface area contributed by atoms with E-state index in [2.05, 4.69) is 47.7 Å². The number of likely N-dealkylation sites (N-methyl/N-ethyl adjacent to an activating group) is 1. The van der Waals surface area contributed by atoms with Crippen LogP contribution >= 0.6 is 0 Å². The molecule has 17 heavy (non-hydrogen) atoms. The molecule has 0 radical (unpaired) electrons. The highest BCUT2D eigenvalue weighted by Crippen LogP contribution is 2.16. The minimum atomic E-state index is 0.295. The zero-order chi connectivity index (χ0) is 12.1. The predicted molar refractivity (Wildman–Crippen MR) is 69.8 cm³/mol. The molecule has 0 aliphatic rings. The van der Waals surface area contributed by atoms with Crippen molar-refractivity contribution in [1.29, 1.82) is 0 Å². The summed E-state index contributed by atoms with van der Waals surface area (Å²) in [7, 11) is 2.00. The van der Waals surface area contributed by atoms with E-state index in [9.17, 15) is 0 Å². The van der Waals surface area contributed by atoms with Gasteiger partial charge in [0.2, 0.25) is 0 Å². The Bertz CT molecular complexity index is 448. The van der Waals surface area contributed by atoms with Gasteiger partial charge in [-0.05, 0) is 18.5 Å². The standard InChI is InChI=1S/C14H19N3/c1-3-15-13(14-10-17(2)11-16-14)9-12-7-5-4-6-8-12/h4-8,10-11,13,15H,3,9H2,1-2H3. The van der Waals surface area contributed by atoms with Gasteiger partial charge in [-0.15, -0.1) is 0 Å². The fourth-order valence-electron chi connectivity index (χ4n) is 1.99. The third kappa shape index (κ3) is 3.17. The average molecular weight is 229 g/mol. The number of aryl methyl sites for hydroxylation is 1. The predicted octanol–water partition coefficient (Wildman–Crippen LogP) is 2.31. The number of nitrogens with one attached hydrogen (secondary N) is 1. The van der Waals surface area contributed by atoms with Crippen molar-refractivity contribution in [2.75, 3.05) is 6.54 Å². The summed E-state index contributed by atoms with van der Waals surface area (Å²) < 4.78 is 1.99. The molecule has 1 heterocycles. The highest BCUT2D eigenvalue weighted by atomic mass is 15.0. The first-order chi connectivity index (χ1) is 8.29. The summed E-state index contributed by atoms with van der Waals surface area (Å²) in [5.41, 5.74) is 2.45. The van der Waals surface area contributed by atoms with Crippen molar-refractivity contribution in [1.82, 2.24) is 14.9 Å². The molecule has 0 fully saturated rings. The van der Waals surface area contributed by atoms with Crippen molar-refractivity contribution < 1.29 is 0 Å². The second-order valence-corrected chi connectivity index (χ2v) is 4.26. The second-order valence-electron chi connectivity index (χ2n) is 4.26. The number of aromatic nitrogens is 2. The van der Waals surface area contributed by atoms with Gasteiger partial charge in [0.05, 0.1) is 18.1 Å². The Kier molecular flexibility index (Phi) is 3.94. The van der Waals surface area contributed by atoms with Crippen LogP contribution in [0, 0.1) is 0 Å². The summed E-state index contributed by atoms with van der Waals surface area (Å²) in [5, 5.41) is 3.48. The van der Waals surface area contributed by atoms with Crippen molar-refractivity contribution in [3.63, 3.8) is 0 Å². The van der Waals surface area contributed by atoms with E-state index in [1.165, 1.54) is 5.56 Å². The van der Waals surface area contributed by atoms with Gasteiger partial charge in [0, 0.05) is 13.2 Å². The molecule has 2 aromatic rings. The zero-order valence-corrected chi connectivity index (χ0v) is 10.4. The second kappa shape index (κ2) is 5.64. The summed E-state index contributed by atoms with van der Waals surface area (Å²) >= 11 is 0. The normalized spacial score (nSPS) is 12.6. The maximum atomic E-state index is 4.43. The van der Waals surface area contributed by atoms with Crippen LogP contribution in [-0.4, -0.2) is 16.1 Å². The lowest BCUT2D eigenvalue weighted by Gasteiger charge is -2.15. The van der Waals surface area contributed by atoms with Gasteiger partial charge in [-0.3, -0.25) is 0 Å². The molecule has 90 valence electrons. The molecular formula is C14H19N3. The third-order valence-electron chi connectivity index (χ3n) is 2.82. The molecular weight excluding hydrogens is 210 g/mol. The van der Waals surface area contributed by atoms with Crippen LogP contribution < -0.4 is 5.32 Å². The maximum Gasteiger partial charge on any atom is 0.0947 e. The monoisotopic (exact) mass is 229 g/mol. The molecule has 2 rings (SSSR count). The van der Waals surface area contributed by atoms with Gasteiger partial charge in [-0.25, -0.2) is 4.98 Å². The van der Waals surface area contributed by atoms with Crippen molar-refractivity contribution in [3.05, 3.63) is 54.1 Å². The van der Waals surface area contributed by atoms with Gasteiger partial charge < -0.3 is 9.88 Å². The lowest BCUT2D eigenvalue weighted by Crippen LogP contribution is -2.23. The number of rotatable bonds is 5. The Morgan fingerprint density at radius 2 is 2.06 bits per heavy atom. The molecule has 0 spiro atoms. The number of imidazole rings is 1. The third-order valence-corrected chi connectivity index (χ3v) is 2.82. The number of hydrogen-bond acceptors (Lipinski definition) is 2. The topological polar surface area (TPSA) is 29.9 Å². The first-order valence-electron chi connectivity index (χ1n) is 6.04. The van der Waals surface area contributed by atoms with Crippen LogP contribution in [0.2, 0.25) is 0 Å². The Morgan fingerprint density at radius 3 is 2.65 bits per heavy atom. The zero-order valence-electron chi connectivity index (χ0n) is 10.4. The van der Waals surface area contributed by atoms with Gasteiger partial charge >= 0.3 is 0 Å². The molecule has 1 atom stereocenters. The molecule has 1 aromatic carbocycles. The Labute approximate surface area is 103 Å². The first-order valence-corrected chi connectivity index (χ1v) is 6.04. The fraction of sp³-hybridized carbons (Fsp3) is 0.357. The van der Waals surface area contributed by atoms with Crippen LogP contribution in [0.3, 0.4) is 0 Å². The molecule has 0 aliphatic heterocycles. The van der Waals surface area contributed by atoms with Crippen LogP contribution in [-0.2, 0) is 13.5 Å². The van der Waals surface area contributed by atoms with Crippen LogP contribution in [0.25, 0.3) is 0 Å². The molecule has 0 aliphatic carbocycles. The van der Waals surface area contributed by atoms with E-state index in [0.29, 0.717) is 6.04 Å². The Hall–Kier alpha value is -1.61. The fourth-order valence-corrected chi connectivity index (χ4v) is 1.99. The number of nitrogens with zero attached hydrogens (tertiary/aromatic N) is 2. The largest absolute Gasteiger partial charge is 0.340 e. The highest BCUT2D eigenvalue weighted by molar-refractivity contribution is 5.18. The first kappa shape index (κ1) is 11.9. The summed E-state index contributed by atoms with van der Waals surface area (Å²) in [6.07, 6.45) is 4.91. The van der Waals surface area contributed by atoms with Gasteiger partial charge in [-0.2, -0.15) is 0 Å². The molecule has 0 amide bonds. The van der Waals surface area contributed by atoms with Crippen LogP contribution in [0.5, 0.6) is 0 Å². The van der Waals surface area contributed by atoms with Crippen LogP contribution in [0.4, 0.5) is 0 Å². The van der Waals surface area contributed by atoms with E-state index in [1.54, 1.807) is 0 Å². The van der Waals surface area contributed by atoms with E-state index >= 15 is 0 Å². The van der Waals surface area contributed by atoms with Gasteiger partial charge in [0.15, 0.2) is 0 Å². The molecule has 0 saturated heterocycles. The summed E-state index contributed by atoms with van der Waals surface area (Å²) in [4.78, 5) is 4.43. The van der Waals surface area contributed by atoms with Crippen molar-refractivity contribution in [3.8, 4) is 0 Å². The van der Waals surface area contributed by atoms with E-state index in [-0.39, 0.29) is 0 Å². The molecule has 1 aromatic heterocycles. The molecule has 3 nitrogen and oxygen atoms in total. The summed E-state index contributed by atoms with van der Waals surface area (Å²) in [6, 6.07) is 10.8. The summed E-state index contributed by atoms with van der Waals surface area (Å²) in [5.74, 6) is 0. The molecule has 0 saturated carbocycles. The number of hydrogen-bond donors (Lipinski definition) is 1. The summed E-state index contributed by atoms with van der Waals surface area (Å²) in [6.45, 7) is 3.08. The van der Waals surface area contributed by atoms with Crippen LogP contribution in [0.15, 0.2) is 42.9 Å². The van der Waals surface area contributed by atoms with E-state index < -0.39 is 0 Å². The van der Waals surface area contributed by atoms with Gasteiger partial charge in [0.1, 0.15) is 0 Å². The smallest absolute Gasteiger partial charge is 0.0947 e. The van der Waals surface area contributed by atoms with E-state index in [0.717, 1.165) is 18.7 Å². The van der Waals surface area contributed by atoms with Gasteiger partial charge in [-0.1, -0.05) is 37.3 Å². The van der Waals surface area contributed by atoms with Crippen molar-refractivity contribution >= 4 is 0 Å². The highest BCUT2D eigenvalue weighted by Gasteiger charge is 2.13. The lowest BCUT2D eigenvalue weighted by atomic mass is 10.0. The molecule has 1 unspecified atom stereocenters. The quantitative estimate of drug-likeness (QED) is 0.852. The van der Waals surface area contributed by atoms with Crippen molar-refractivity contribution in [2.45, 2.75) is 19.4 Å². The number of benzene rings is 1. The lowest BCUT2D eigenvalue weighted by molar-refractivity contribution is 0.538. The van der Waals surface area contributed by atoms with E-state index in [4.69, 9.17) is 0 Å². The Morgan fingerprint density at radius 1 is 1.29 bits per heavy atom. The Balaban J connectivity index is 2.13. The van der Waals surface area contributed by atoms with E-state index in [1.807, 2.05) is 24.0 Å². The minimum absolute atomic E-state index is 0.295. The van der Waals surface area contributed by atoms with Crippen molar-refractivity contribution in [2.24, 2.45) is 7.05 Å². The average Bonchev–Trinajstić information content (AvgIpc) is 2.77. The SMILES string of the molecule is CCNC(Cc1ccccc1)c1cn(C)cn1.